The number of benzene rings is 1. The molecule has 0 amide bonds. The second-order valence-electron chi connectivity index (χ2n) is 3.14. The minimum absolute atomic E-state index is 0.160. The number of methoxy groups -OCH3 is 1. The molecule has 1 rings (SSSR count). The fourth-order valence-electron chi connectivity index (χ4n) is 1.15. The third kappa shape index (κ3) is 3.16. The zero-order valence-electron chi connectivity index (χ0n) is 9.00. The molecule has 0 heterocycles. The van der Waals surface area contributed by atoms with Gasteiger partial charge in [0.25, 0.3) is 0 Å². The molecule has 0 aliphatic heterocycles. The third-order valence-corrected chi connectivity index (χ3v) is 3.33. The topological polar surface area (TPSA) is 119 Å². The Morgan fingerprint density at radius 3 is 2.71 bits per heavy atom. The Bertz CT molecular complexity index is 526. The maximum atomic E-state index is 11.8. The van der Waals surface area contributed by atoms with Crippen LogP contribution in [-0.2, 0) is 14.8 Å². The fraction of sp³-hybridized carbons (Fsp3) is 0.222. The summed E-state index contributed by atoms with van der Waals surface area (Å²) in [7, 11) is -2.65. The fourth-order valence-corrected chi connectivity index (χ4v) is 2.32. The molecule has 94 valence electrons. The number of hydrogen-bond donors (Lipinski definition) is 3. The predicted octanol–water partition coefficient (Wildman–Crippen LogP) is -0.151. The van der Waals surface area contributed by atoms with Crippen LogP contribution in [-0.4, -0.2) is 33.3 Å². The highest BCUT2D eigenvalue weighted by Gasteiger charge is 2.22. The molecule has 0 aliphatic carbocycles. The molecule has 0 aliphatic rings. The van der Waals surface area contributed by atoms with E-state index in [2.05, 4.69) is 9.46 Å². The molecule has 0 bridgehead atoms. The van der Waals surface area contributed by atoms with E-state index in [9.17, 15) is 13.2 Å². The summed E-state index contributed by atoms with van der Waals surface area (Å²) < 4.78 is 30.2. The molecule has 4 N–H and O–H groups in total. The van der Waals surface area contributed by atoms with Crippen LogP contribution in [0.2, 0.25) is 0 Å². The highest BCUT2D eigenvalue weighted by molar-refractivity contribution is 7.89. The lowest BCUT2D eigenvalue weighted by molar-refractivity contribution is 0.0692. The lowest BCUT2D eigenvalue weighted by atomic mass is 10.2. The van der Waals surface area contributed by atoms with Gasteiger partial charge < -0.3 is 15.6 Å². The lowest BCUT2D eigenvalue weighted by Crippen LogP contribution is -2.27. The van der Waals surface area contributed by atoms with Gasteiger partial charge in [-0.3, -0.25) is 0 Å². The number of rotatable bonds is 5. The number of sulfonamides is 1. The first-order valence-corrected chi connectivity index (χ1v) is 5.98. The van der Waals surface area contributed by atoms with Gasteiger partial charge >= 0.3 is 5.97 Å². The minimum atomic E-state index is -3.96. The molecule has 0 saturated carbocycles. The van der Waals surface area contributed by atoms with E-state index in [0.29, 0.717) is 0 Å². The molecule has 0 unspecified atom stereocenters. The van der Waals surface area contributed by atoms with Gasteiger partial charge in [-0.15, -0.1) is 0 Å². The van der Waals surface area contributed by atoms with E-state index in [1.54, 1.807) is 0 Å². The number of carboxylic acids is 1. The van der Waals surface area contributed by atoms with Crippen LogP contribution in [0.3, 0.4) is 0 Å². The van der Waals surface area contributed by atoms with Gasteiger partial charge in [0.15, 0.2) is 0 Å². The molecule has 7 nitrogen and oxygen atoms in total. The molecule has 0 spiro atoms. The number of nitrogens with one attached hydrogen (secondary N) is 1. The third-order valence-electron chi connectivity index (χ3n) is 1.92. The maximum absolute atomic E-state index is 11.8. The molecule has 17 heavy (non-hydrogen) atoms. The van der Waals surface area contributed by atoms with E-state index in [1.807, 2.05) is 0 Å². The van der Waals surface area contributed by atoms with Gasteiger partial charge in [-0.05, 0) is 18.2 Å². The number of hydrogen-bond acceptors (Lipinski definition) is 5. The number of nitrogens with two attached hydrogens (primary N) is 1. The first kappa shape index (κ1) is 13.4. The zero-order valence-corrected chi connectivity index (χ0v) is 9.82. The average Bonchev–Trinajstić information content (AvgIpc) is 2.26. The van der Waals surface area contributed by atoms with Crippen LogP contribution < -0.4 is 10.5 Å². The average molecular weight is 260 g/mol. The number of nitrogen functional groups attached to an aromatic ring is 1. The van der Waals surface area contributed by atoms with Crippen molar-refractivity contribution in [2.24, 2.45) is 0 Å². The van der Waals surface area contributed by atoms with Gasteiger partial charge in [0.2, 0.25) is 10.0 Å². The second-order valence-corrected chi connectivity index (χ2v) is 4.88. The van der Waals surface area contributed by atoms with Crippen molar-refractivity contribution in [2.45, 2.75) is 4.90 Å². The molecular formula is C9H12N2O5S. The van der Waals surface area contributed by atoms with Crippen molar-refractivity contribution in [3.8, 4) is 0 Å². The first-order valence-electron chi connectivity index (χ1n) is 4.50. The molecule has 0 aromatic heterocycles. The van der Waals surface area contributed by atoms with Crippen molar-refractivity contribution in [1.82, 2.24) is 4.72 Å². The SMILES string of the molecule is COCNS(=O)(=O)c1cc(N)ccc1C(=O)O. The summed E-state index contributed by atoms with van der Waals surface area (Å²) in [6, 6.07) is 3.54. The maximum Gasteiger partial charge on any atom is 0.337 e. The summed E-state index contributed by atoms with van der Waals surface area (Å²) in [4.78, 5) is 10.5. The van der Waals surface area contributed by atoms with Crippen molar-refractivity contribution in [3.05, 3.63) is 23.8 Å². The number of ether oxygens (including phenoxy) is 1. The lowest BCUT2D eigenvalue weighted by Gasteiger charge is -2.09. The largest absolute Gasteiger partial charge is 0.478 e. The van der Waals surface area contributed by atoms with Crippen LogP contribution in [0.5, 0.6) is 0 Å². The van der Waals surface area contributed by atoms with E-state index in [-0.39, 0.29) is 22.9 Å². The number of carboxylic acid groups (broad SMARTS) is 1. The quantitative estimate of drug-likeness (QED) is 0.500. The Hall–Kier alpha value is -1.64. The zero-order chi connectivity index (χ0) is 13.1. The molecule has 1 aromatic rings. The summed E-state index contributed by atoms with van der Waals surface area (Å²) in [6.07, 6.45) is 0. The van der Waals surface area contributed by atoms with Gasteiger partial charge in [-0.2, -0.15) is 4.72 Å². The molecule has 0 atom stereocenters. The van der Waals surface area contributed by atoms with Crippen LogP contribution in [0.1, 0.15) is 10.4 Å². The highest BCUT2D eigenvalue weighted by atomic mass is 32.2. The van der Waals surface area contributed by atoms with E-state index in [0.717, 1.165) is 12.1 Å². The van der Waals surface area contributed by atoms with Gasteiger partial charge in [-0.1, -0.05) is 0 Å². The Balaban J connectivity index is 3.28. The van der Waals surface area contributed by atoms with Crippen molar-refractivity contribution < 1.29 is 23.1 Å². The van der Waals surface area contributed by atoms with Crippen molar-refractivity contribution in [3.63, 3.8) is 0 Å². The molecule has 1 aromatic carbocycles. The van der Waals surface area contributed by atoms with Gasteiger partial charge in [0.05, 0.1) is 10.5 Å². The number of anilines is 1. The van der Waals surface area contributed by atoms with E-state index in [1.165, 1.54) is 13.2 Å². The standard InChI is InChI=1S/C9H12N2O5S/c1-16-5-11-17(14,15)8-4-6(10)2-3-7(8)9(12)13/h2-4,11H,5,10H2,1H3,(H,12,13). The molecule has 0 radical (unpaired) electrons. The number of aromatic carboxylic acids is 1. The monoisotopic (exact) mass is 260 g/mol. The first-order chi connectivity index (χ1) is 7.88. The van der Waals surface area contributed by atoms with Crippen LogP contribution in [0.15, 0.2) is 23.1 Å². The summed E-state index contributed by atoms with van der Waals surface area (Å²) in [5, 5.41) is 8.88. The normalized spacial score (nSPS) is 11.4. The second kappa shape index (κ2) is 5.13. The summed E-state index contributed by atoms with van der Waals surface area (Å²) in [5.74, 6) is -1.34. The van der Waals surface area contributed by atoms with Crippen LogP contribution in [0.4, 0.5) is 5.69 Å². The van der Waals surface area contributed by atoms with Crippen LogP contribution >= 0.6 is 0 Å². The van der Waals surface area contributed by atoms with Crippen molar-refractivity contribution >= 4 is 21.7 Å². The van der Waals surface area contributed by atoms with Crippen LogP contribution in [0.25, 0.3) is 0 Å². The van der Waals surface area contributed by atoms with Gasteiger partial charge in [0.1, 0.15) is 6.73 Å². The van der Waals surface area contributed by atoms with Crippen LogP contribution in [0, 0.1) is 0 Å². The molecule has 8 heteroatoms. The summed E-state index contributed by atoms with van der Waals surface area (Å²) in [6.45, 7) is -0.254. The minimum Gasteiger partial charge on any atom is -0.478 e. The van der Waals surface area contributed by atoms with Crippen molar-refractivity contribution in [1.29, 1.82) is 0 Å². The summed E-state index contributed by atoms with van der Waals surface area (Å²) in [5.41, 5.74) is 5.25. The Kier molecular flexibility index (Phi) is 4.05. The highest BCUT2D eigenvalue weighted by Crippen LogP contribution is 2.19. The van der Waals surface area contributed by atoms with E-state index < -0.39 is 16.0 Å². The summed E-state index contributed by atoms with van der Waals surface area (Å²) >= 11 is 0. The Labute approximate surface area is 98.2 Å². The smallest absolute Gasteiger partial charge is 0.337 e. The van der Waals surface area contributed by atoms with E-state index in [4.69, 9.17) is 10.8 Å². The molecular weight excluding hydrogens is 248 g/mol. The van der Waals surface area contributed by atoms with Gasteiger partial charge in [-0.25, -0.2) is 13.2 Å². The Morgan fingerprint density at radius 2 is 2.18 bits per heavy atom. The predicted molar refractivity (Wildman–Crippen MR) is 60.0 cm³/mol. The van der Waals surface area contributed by atoms with Crippen molar-refractivity contribution in [2.75, 3.05) is 19.6 Å². The van der Waals surface area contributed by atoms with E-state index >= 15 is 0 Å². The molecule has 0 saturated heterocycles. The molecule has 0 fully saturated rings. The number of carbonyl (C=O) groups is 1. The Morgan fingerprint density at radius 1 is 1.53 bits per heavy atom. The van der Waals surface area contributed by atoms with Gasteiger partial charge in [0, 0.05) is 12.8 Å².